The maximum absolute atomic E-state index is 12.2. The molecule has 1 aliphatic rings. The minimum atomic E-state index is -0.132. The number of aromatic nitrogens is 3. The van der Waals surface area contributed by atoms with E-state index in [1.165, 1.54) is 0 Å². The van der Waals surface area contributed by atoms with Gasteiger partial charge >= 0.3 is 0 Å². The molecule has 3 heterocycles. The van der Waals surface area contributed by atoms with E-state index >= 15 is 0 Å². The van der Waals surface area contributed by atoms with Crippen LogP contribution in [0.2, 0.25) is 0 Å². The molecule has 0 spiro atoms. The Morgan fingerprint density at radius 2 is 2.23 bits per heavy atom. The highest BCUT2D eigenvalue weighted by Gasteiger charge is 2.17. The van der Waals surface area contributed by atoms with Gasteiger partial charge in [0.1, 0.15) is 5.69 Å². The third kappa shape index (κ3) is 4.43. The molecule has 1 fully saturated rings. The summed E-state index contributed by atoms with van der Waals surface area (Å²) in [5.41, 5.74) is 1.25. The molecule has 120 valence electrons. The Morgan fingerprint density at radius 1 is 1.36 bits per heavy atom. The molecule has 1 amide bonds. The van der Waals surface area contributed by atoms with Crippen molar-refractivity contribution in [1.82, 2.24) is 25.4 Å². The number of nitrogens with one attached hydrogen (secondary N) is 2. The van der Waals surface area contributed by atoms with E-state index < -0.39 is 0 Å². The fourth-order valence-corrected chi connectivity index (χ4v) is 2.34. The topological polar surface area (TPSA) is 71.8 Å². The van der Waals surface area contributed by atoms with Gasteiger partial charge in [-0.3, -0.25) is 9.78 Å². The summed E-state index contributed by atoms with van der Waals surface area (Å²) < 4.78 is 1.71. The van der Waals surface area contributed by atoms with Crippen molar-refractivity contribution in [3.05, 3.63) is 42.5 Å². The third-order valence-electron chi connectivity index (χ3n) is 3.38. The van der Waals surface area contributed by atoms with Crippen molar-refractivity contribution in [3.63, 3.8) is 0 Å². The van der Waals surface area contributed by atoms with Crippen LogP contribution >= 0.6 is 24.8 Å². The highest BCUT2D eigenvalue weighted by atomic mass is 35.5. The molecule has 1 saturated heterocycles. The molecule has 2 aromatic heterocycles. The van der Waals surface area contributed by atoms with Crippen LogP contribution < -0.4 is 10.6 Å². The molecule has 0 aliphatic carbocycles. The predicted molar refractivity (Wildman–Crippen MR) is 89.2 cm³/mol. The Balaban J connectivity index is 0.00000121. The molecule has 1 aliphatic heterocycles. The zero-order valence-corrected chi connectivity index (χ0v) is 13.6. The number of hydrogen-bond donors (Lipinski definition) is 2. The van der Waals surface area contributed by atoms with Crippen LogP contribution in [0, 0.1) is 0 Å². The molecule has 0 unspecified atom stereocenters. The van der Waals surface area contributed by atoms with Crippen molar-refractivity contribution in [3.8, 4) is 5.69 Å². The van der Waals surface area contributed by atoms with Gasteiger partial charge in [-0.1, -0.05) is 0 Å². The van der Waals surface area contributed by atoms with E-state index in [0.717, 1.165) is 31.6 Å². The first kappa shape index (κ1) is 18.4. The molecular weight excluding hydrogens is 325 g/mol. The van der Waals surface area contributed by atoms with Gasteiger partial charge in [-0.15, -0.1) is 24.8 Å². The van der Waals surface area contributed by atoms with E-state index in [0.29, 0.717) is 5.69 Å². The second kappa shape index (κ2) is 8.73. The Hall–Kier alpha value is -1.63. The highest BCUT2D eigenvalue weighted by molar-refractivity contribution is 5.92. The summed E-state index contributed by atoms with van der Waals surface area (Å²) in [5.74, 6) is -0.132. The smallest absolute Gasteiger partial charge is 0.270 e. The monoisotopic (exact) mass is 343 g/mol. The van der Waals surface area contributed by atoms with Crippen LogP contribution in [0.3, 0.4) is 0 Å². The second-order valence-corrected chi connectivity index (χ2v) is 4.87. The lowest BCUT2D eigenvalue weighted by molar-refractivity contribution is 0.0925. The van der Waals surface area contributed by atoms with Crippen molar-refractivity contribution in [2.24, 2.45) is 0 Å². The van der Waals surface area contributed by atoms with E-state index in [9.17, 15) is 4.79 Å². The number of amides is 1. The average molecular weight is 344 g/mol. The Labute approximate surface area is 141 Å². The summed E-state index contributed by atoms with van der Waals surface area (Å²) >= 11 is 0. The maximum atomic E-state index is 12.2. The zero-order valence-electron chi connectivity index (χ0n) is 11.9. The van der Waals surface area contributed by atoms with Gasteiger partial charge in [0.25, 0.3) is 5.91 Å². The number of hydrogen-bond acceptors (Lipinski definition) is 4. The third-order valence-corrected chi connectivity index (χ3v) is 3.38. The molecule has 8 heteroatoms. The molecular formula is C14H19Cl2N5O. The standard InChI is InChI=1S/C14H17N5O.2ClH/c20-14(18-11-3-1-5-15-10-11)13-9-12(4-7-16-13)19-8-2-6-17-19;;/h2,4,6-9,11,15H,1,3,5,10H2,(H,18,20);2*1H/t11-;;/m0../s1. The van der Waals surface area contributed by atoms with Crippen LogP contribution in [0.1, 0.15) is 23.3 Å². The van der Waals surface area contributed by atoms with Gasteiger partial charge in [-0.25, -0.2) is 4.68 Å². The summed E-state index contributed by atoms with van der Waals surface area (Å²) in [6.07, 6.45) is 7.27. The van der Waals surface area contributed by atoms with E-state index in [1.54, 1.807) is 23.1 Å². The van der Waals surface area contributed by atoms with Gasteiger partial charge in [0.2, 0.25) is 0 Å². The quantitative estimate of drug-likeness (QED) is 0.887. The molecule has 2 N–H and O–H groups in total. The van der Waals surface area contributed by atoms with Crippen molar-refractivity contribution in [2.75, 3.05) is 13.1 Å². The van der Waals surface area contributed by atoms with Crippen molar-refractivity contribution >= 4 is 30.7 Å². The van der Waals surface area contributed by atoms with Gasteiger partial charge < -0.3 is 10.6 Å². The highest BCUT2D eigenvalue weighted by Crippen LogP contribution is 2.08. The van der Waals surface area contributed by atoms with Crippen LogP contribution in [0.15, 0.2) is 36.8 Å². The Bertz CT molecular complexity index is 585. The number of halogens is 2. The number of rotatable bonds is 3. The number of carbonyl (C=O) groups excluding carboxylic acids is 1. The van der Waals surface area contributed by atoms with Gasteiger partial charge in [-0.2, -0.15) is 5.10 Å². The zero-order chi connectivity index (χ0) is 13.8. The number of carbonyl (C=O) groups is 1. The summed E-state index contributed by atoms with van der Waals surface area (Å²) in [5, 5.41) is 10.4. The Kier molecular flexibility index (Phi) is 7.31. The normalized spacial score (nSPS) is 17.0. The van der Waals surface area contributed by atoms with Gasteiger partial charge in [0, 0.05) is 31.2 Å². The number of piperidine rings is 1. The van der Waals surface area contributed by atoms with Crippen LogP contribution in [-0.4, -0.2) is 39.8 Å². The van der Waals surface area contributed by atoms with Crippen LogP contribution in [0.25, 0.3) is 5.69 Å². The Morgan fingerprint density at radius 3 is 2.91 bits per heavy atom. The summed E-state index contributed by atoms with van der Waals surface area (Å²) in [6, 6.07) is 5.60. The van der Waals surface area contributed by atoms with Gasteiger partial charge in [0.05, 0.1) is 5.69 Å². The molecule has 0 aromatic carbocycles. The average Bonchev–Trinajstić information content (AvgIpc) is 3.03. The molecule has 1 atom stereocenters. The summed E-state index contributed by atoms with van der Waals surface area (Å²) in [4.78, 5) is 16.3. The second-order valence-electron chi connectivity index (χ2n) is 4.87. The first-order valence-electron chi connectivity index (χ1n) is 6.80. The lowest BCUT2D eigenvalue weighted by atomic mass is 10.1. The fourth-order valence-electron chi connectivity index (χ4n) is 2.34. The summed E-state index contributed by atoms with van der Waals surface area (Å²) in [7, 11) is 0. The minimum absolute atomic E-state index is 0. The fraction of sp³-hybridized carbons (Fsp3) is 0.357. The first-order chi connectivity index (χ1) is 9.83. The first-order valence-corrected chi connectivity index (χ1v) is 6.80. The molecule has 3 rings (SSSR count). The van der Waals surface area contributed by atoms with Crippen molar-refractivity contribution in [1.29, 1.82) is 0 Å². The number of pyridine rings is 1. The molecule has 22 heavy (non-hydrogen) atoms. The molecule has 0 bridgehead atoms. The molecule has 0 radical (unpaired) electrons. The largest absolute Gasteiger partial charge is 0.347 e. The number of nitrogens with zero attached hydrogens (tertiary/aromatic N) is 3. The summed E-state index contributed by atoms with van der Waals surface area (Å²) in [6.45, 7) is 1.85. The van der Waals surface area contributed by atoms with E-state index in [2.05, 4.69) is 20.7 Å². The van der Waals surface area contributed by atoms with Gasteiger partial charge in [-0.05, 0) is 37.6 Å². The SMILES string of the molecule is Cl.Cl.O=C(N[C@H]1CCCNC1)c1cc(-n2cccn2)ccn1. The molecule has 6 nitrogen and oxygen atoms in total. The molecule has 0 saturated carbocycles. The minimum Gasteiger partial charge on any atom is -0.347 e. The lowest BCUT2D eigenvalue weighted by Gasteiger charge is -2.23. The van der Waals surface area contributed by atoms with Crippen molar-refractivity contribution in [2.45, 2.75) is 18.9 Å². The van der Waals surface area contributed by atoms with E-state index in [1.807, 2.05) is 18.3 Å². The van der Waals surface area contributed by atoms with Crippen molar-refractivity contribution < 1.29 is 4.79 Å². The lowest BCUT2D eigenvalue weighted by Crippen LogP contribution is -2.45. The van der Waals surface area contributed by atoms with Crippen LogP contribution in [0.4, 0.5) is 0 Å². The van der Waals surface area contributed by atoms with Crippen LogP contribution in [-0.2, 0) is 0 Å². The van der Waals surface area contributed by atoms with E-state index in [-0.39, 0.29) is 36.8 Å². The van der Waals surface area contributed by atoms with E-state index in [4.69, 9.17) is 0 Å². The van der Waals surface area contributed by atoms with Crippen LogP contribution in [0.5, 0.6) is 0 Å². The molecule has 2 aromatic rings. The maximum Gasteiger partial charge on any atom is 0.270 e. The van der Waals surface area contributed by atoms with Gasteiger partial charge in [0.15, 0.2) is 0 Å². The predicted octanol–water partition coefficient (Wildman–Crippen LogP) is 1.59.